The van der Waals surface area contributed by atoms with Crippen LogP contribution in [-0.2, 0) is 29.1 Å². The lowest BCUT2D eigenvalue weighted by atomic mass is 9.91. The van der Waals surface area contributed by atoms with E-state index in [2.05, 4.69) is 21.9 Å². The van der Waals surface area contributed by atoms with Crippen molar-refractivity contribution in [2.24, 2.45) is 11.3 Å². The molecule has 41 heavy (non-hydrogen) atoms. The SMILES string of the molecule is Cc1cccc(-c2csc(N3C[C@@H]4C[C@]4(C(=O)O)C3)n2)c1OCc1cc(C#N)c2c(c1)CCN(C1CCOCC1)C2. The maximum Gasteiger partial charge on any atom is 0.311 e. The molecule has 7 rings (SSSR count). The number of thiazole rings is 1. The van der Waals surface area contributed by atoms with E-state index in [1.54, 1.807) is 11.3 Å². The summed E-state index contributed by atoms with van der Waals surface area (Å²) < 4.78 is 12.0. The van der Waals surface area contributed by atoms with Crippen LogP contribution in [-0.4, -0.2) is 59.8 Å². The van der Waals surface area contributed by atoms with Gasteiger partial charge in [0, 0.05) is 56.4 Å². The molecule has 0 spiro atoms. The molecule has 3 fully saturated rings. The van der Waals surface area contributed by atoms with Gasteiger partial charge in [0.05, 0.1) is 22.7 Å². The molecular weight excluding hydrogens is 536 g/mol. The molecule has 0 amide bonds. The van der Waals surface area contributed by atoms with Crippen LogP contribution < -0.4 is 9.64 Å². The van der Waals surface area contributed by atoms with Gasteiger partial charge >= 0.3 is 5.97 Å². The Hall–Kier alpha value is -3.45. The molecule has 0 unspecified atom stereocenters. The highest BCUT2D eigenvalue weighted by molar-refractivity contribution is 7.14. The molecule has 2 aromatic carbocycles. The molecule has 212 valence electrons. The third-order valence-electron chi connectivity index (χ3n) is 9.46. The number of aryl methyl sites for hydroxylation is 1. The minimum atomic E-state index is -0.686. The second kappa shape index (κ2) is 10.4. The molecule has 1 aliphatic carbocycles. The fourth-order valence-electron chi connectivity index (χ4n) is 6.99. The number of piperidine rings is 1. The number of carbonyl (C=O) groups is 1. The molecule has 2 saturated heterocycles. The zero-order valence-corrected chi connectivity index (χ0v) is 24.1. The van der Waals surface area contributed by atoms with E-state index in [1.807, 2.05) is 36.6 Å². The highest BCUT2D eigenvalue weighted by atomic mass is 32.1. The van der Waals surface area contributed by atoms with E-state index in [0.717, 1.165) is 103 Å². The van der Waals surface area contributed by atoms with Crippen molar-refractivity contribution in [3.63, 3.8) is 0 Å². The molecule has 2 atom stereocenters. The van der Waals surface area contributed by atoms with Gasteiger partial charge in [-0.05, 0) is 72.9 Å². The number of hydrogen-bond acceptors (Lipinski definition) is 8. The lowest BCUT2D eigenvalue weighted by Gasteiger charge is -2.38. The summed E-state index contributed by atoms with van der Waals surface area (Å²) in [6, 6.07) is 13.3. The van der Waals surface area contributed by atoms with Crippen molar-refractivity contribution < 1.29 is 19.4 Å². The van der Waals surface area contributed by atoms with E-state index in [1.165, 1.54) is 5.56 Å². The summed E-state index contributed by atoms with van der Waals surface area (Å²) in [5, 5.41) is 22.6. The van der Waals surface area contributed by atoms with Crippen LogP contribution in [0.4, 0.5) is 5.13 Å². The summed E-state index contributed by atoms with van der Waals surface area (Å²) in [7, 11) is 0. The first-order valence-electron chi connectivity index (χ1n) is 14.5. The van der Waals surface area contributed by atoms with Gasteiger partial charge in [-0.15, -0.1) is 11.3 Å². The number of aliphatic carboxylic acids is 1. The predicted octanol–water partition coefficient (Wildman–Crippen LogP) is 5.02. The van der Waals surface area contributed by atoms with Crippen LogP contribution in [0.3, 0.4) is 0 Å². The average Bonchev–Trinajstić information content (AvgIpc) is 3.31. The van der Waals surface area contributed by atoms with Gasteiger partial charge in [0.25, 0.3) is 0 Å². The van der Waals surface area contributed by atoms with Gasteiger partial charge in [0.2, 0.25) is 0 Å². The number of hydrogen-bond donors (Lipinski definition) is 1. The second-order valence-electron chi connectivity index (χ2n) is 12.0. The number of nitriles is 1. The third-order valence-corrected chi connectivity index (χ3v) is 10.4. The molecule has 1 saturated carbocycles. The van der Waals surface area contributed by atoms with Crippen molar-refractivity contribution in [3.8, 4) is 23.1 Å². The molecule has 1 N–H and O–H groups in total. The molecule has 0 bridgehead atoms. The van der Waals surface area contributed by atoms with Crippen LogP contribution in [0.25, 0.3) is 11.3 Å². The number of para-hydroxylation sites is 1. The average molecular weight is 571 g/mol. The number of rotatable bonds is 7. The van der Waals surface area contributed by atoms with Crippen molar-refractivity contribution in [3.05, 3.63) is 63.5 Å². The lowest BCUT2D eigenvalue weighted by molar-refractivity contribution is -0.143. The smallest absolute Gasteiger partial charge is 0.311 e. The van der Waals surface area contributed by atoms with Gasteiger partial charge in [-0.25, -0.2) is 4.98 Å². The van der Waals surface area contributed by atoms with Crippen molar-refractivity contribution >= 4 is 22.4 Å². The molecular formula is C32H34N4O4S. The fourth-order valence-corrected chi connectivity index (χ4v) is 7.83. The van der Waals surface area contributed by atoms with Crippen LogP contribution in [0.2, 0.25) is 0 Å². The number of nitrogens with zero attached hydrogens (tertiary/aromatic N) is 4. The van der Waals surface area contributed by atoms with Gasteiger partial charge in [0.1, 0.15) is 12.4 Å². The Balaban J connectivity index is 1.08. The predicted molar refractivity (Wildman–Crippen MR) is 156 cm³/mol. The van der Waals surface area contributed by atoms with Crippen molar-refractivity contribution in [1.82, 2.24) is 9.88 Å². The minimum Gasteiger partial charge on any atom is -0.488 e. The van der Waals surface area contributed by atoms with E-state index in [4.69, 9.17) is 14.5 Å². The van der Waals surface area contributed by atoms with E-state index in [9.17, 15) is 15.2 Å². The molecule has 1 aromatic heterocycles. The van der Waals surface area contributed by atoms with Gasteiger partial charge in [-0.3, -0.25) is 9.69 Å². The standard InChI is InChI=1S/C32H34N4O4S/c1-20-3-2-4-26(28-18-41-31(34-28)36-15-24-13-32(24,19-36)30(37)38)29(20)40-17-21-11-22-5-8-35(25-6-9-39-10-7-25)16-27(22)23(12-21)14-33/h2-4,11-12,18,24-25H,5-10,13,15-17,19H2,1H3,(H,37,38)/t24-,32-/m0/s1. The summed E-state index contributed by atoms with van der Waals surface area (Å²) in [5.74, 6) is 0.331. The zero-order valence-electron chi connectivity index (χ0n) is 23.3. The zero-order chi connectivity index (χ0) is 28.1. The van der Waals surface area contributed by atoms with Crippen LogP contribution in [0.15, 0.2) is 35.7 Å². The molecule has 8 nitrogen and oxygen atoms in total. The number of carboxylic acid groups (broad SMARTS) is 1. The molecule has 0 radical (unpaired) electrons. The number of anilines is 1. The summed E-state index contributed by atoms with van der Waals surface area (Å²) in [5.41, 5.74) is 6.37. The van der Waals surface area contributed by atoms with Crippen LogP contribution >= 0.6 is 11.3 Å². The quantitative estimate of drug-likeness (QED) is 0.423. The van der Waals surface area contributed by atoms with E-state index in [0.29, 0.717) is 19.2 Å². The van der Waals surface area contributed by atoms with Gasteiger partial charge in [0.15, 0.2) is 5.13 Å². The van der Waals surface area contributed by atoms with Crippen LogP contribution in [0, 0.1) is 29.6 Å². The summed E-state index contributed by atoms with van der Waals surface area (Å²) in [6.07, 6.45) is 3.83. The van der Waals surface area contributed by atoms with E-state index in [-0.39, 0.29) is 5.92 Å². The van der Waals surface area contributed by atoms with Gasteiger partial charge in [-0.2, -0.15) is 5.26 Å². The van der Waals surface area contributed by atoms with Gasteiger partial charge < -0.3 is 19.5 Å². The van der Waals surface area contributed by atoms with Crippen molar-refractivity contribution in [1.29, 1.82) is 5.26 Å². The number of benzene rings is 2. The highest BCUT2D eigenvalue weighted by Crippen LogP contribution is 2.58. The number of carboxylic acids is 1. The Labute approximate surface area is 244 Å². The van der Waals surface area contributed by atoms with Crippen LogP contribution in [0.5, 0.6) is 5.75 Å². The Bertz CT molecular complexity index is 1540. The Morgan fingerprint density at radius 2 is 2.17 bits per heavy atom. The summed E-state index contributed by atoms with van der Waals surface area (Å²) in [6.45, 7) is 7.16. The Kier molecular flexibility index (Phi) is 6.73. The number of fused-ring (bicyclic) bond motifs is 2. The van der Waals surface area contributed by atoms with Gasteiger partial charge in [-0.1, -0.05) is 18.2 Å². The maximum absolute atomic E-state index is 11.8. The molecule has 3 aliphatic heterocycles. The largest absolute Gasteiger partial charge is 0.488 e. The first-order valence-corrected chi connectivity index (χ1v) is 15.4. The molecule has 3 aromatic rings. The normalized spacial score (nSPS) is 24.0. The summed E-state index contributed by atoms with van der Waals surface area (Å²) in [4.78, 5) is 21.3. The number of aromatic nitrogens is 1. The maximum atomic E-state index is 11.8. The first-order chi connectivity index (χ1) is 19.9. The van der Waals surface area contributed by atoms with Crippen molar-refractivity contribution in [2.75, 3.05) is 37.7 Å². The van der Waals surface area contributed by atoms with Crippen LogP contribution in [0.1, 0.15) is 47.1 Å². The monoisotopic (exact) mass is 570 g/mol. The summed E-state index contributed by atoms with van der Waals surface area (Å²) >= 11 is 1.55. The Morgan fingerprint density at radius 3 is 2.95 bits per heavy atom. The fraction of sp³-hybridized carbons (Fsp3) is 0.469. The van der Waals surface area contributed by atoms with E-state index < -0.39 is 11.4 Å². The number of ether oxygens (including phenoxy) is 2. The Morgan fingerprint density at radius 1 is 1.32 bits per heavy atom. The second-order valence-corrected chi connectivity index (χ2v) is 12.8. The molecule has 4 aliphatic rings. The topological polar surface area (TPSA) is 98.9 Å². The lowest BCUT2D eigenvalue weighted by Crippen LogP contribution is -2.42. The molecule has 9 heteroatoms. The van der Waals surface area contributed by atoms with E-state index >= 15 is 0 Å². The minimum absolute atomic E-state index is 0.227. The van der Waals surface area contributed by atoms with Crippen molar-refractivity contribution in [2.45, 2.75) is 51.8 Å². The molecule has 4 heterocycles. The highest BCUT2D eigenvalue weighted by Gasteiger charge is 2.65. The first kappa shape index (κ1) is 26.4. The third kappa shape index (κ3) is 4.78.